The summed E-state index contributed by atoms with van der Waals surface area (Å²) in [6.45, 7) is 4.05. The van der Waals surface area contributed by atoms with Gasteiger partial charge >= 0.3 is 5.97 Å². The highest BCUT2D eigenvalue weighted by atomic mass is 35.5. The van der Waals surface area contributed by atoms with Crippen LogP contribution in [0.5, 0.6) is 0 Å². The Morgan fingerprint density at radius 3 is 2.77 bits per heavy atom. The molecule has 0 saturated carbocycles. The summed E-state index contributed by atoms with van der Waals surface area (Å²) in [5, 5.41) is 0.855. The van der Waals surface area contributed by atoms with Crippen molar-refractivity contribution in [2.45, 2.75) is 20.3 Å². The van der Waals surface area contributed by atoms with Gasteiger partial charge in [0, 0.05) is 0 Å². The molecule has 0 saturated heterocycles. The maximum absolute atomic E-state index is 11.2. The molecule has 0 aliphatic heterocycles. The Bertz CT molecular complexity index is 311. The number of aryl methyl sites for hydroxylation is 1. The molecule has 0 aliphatic carbocycles. The average molecular weight is 220 g/mol. The lowest BCUT2D eigenvalue weighted by Gasteiger charge is -1.96. The summed E-state index contributed by atoms with van der Waals surface area (Å²) in [5.74, 6) is -0.441. The van der Waals surface area contributed by atoms with Crippen LogP contribution in [0, 0.1) is 0 Å². The number of nitrogens with zero attached hydrogens (tertiary/aromatic N) is 1. The highest BCUT2D eigenvalue weighted by Crippen LogP contribution is 2.25. The van der Waals surface area contributed by atoms with Gasteiger partial charge < -0.3 is 4.74 Å². The molecule has 0 radical (unpaired) electrons. The number of aromatic nitrogens is 1. The van der Waals surface area contributed by atoms with Gasteiger partial charge in [0.05, 0.1) is 11.6 Å². The Morgan fingerprint density at radius 1 is 1.62 bits per heavy atom. The van der Waals surface area contributed by atoms with Gasteiger partial charge in [0.2, 0.25) is 0 Å². The van der Waals surface area contributed by atoms with Crippen LogP contribution in [0.1, 0.15) is 29.3 Å². The molecule has 72 valence electrons. The molecule has 13 heavy (non-hydrogen) atoms. The summed E-state index contributed by atoms with van der Waals surface area (Å²) < 4.78 is 5.20. The van der Waals surface area contributed by atoms with Crippen molar-refractivity contribution in [2.75, 3.05) is 6.61 Å². The molecule has 0 unspecified atom stereocenters. The standard InChI is InChI=1S/C8H10ClNO2S/c1-3-5-10-6(7(9)13-5)8(11)12-4-2/h3-4H2,1-2H3. The monoisotopic (exact) mass is 219 g/mol. The number of rotatable bonds is 3. The summed E-state index contributed by atoms with van der Waals surface area (Å²) in [5.41, 5.74) is 0.241. The first-order valence-corrected chi connectivity index (χ1v) is 5.20. The molecule has 0 N–H and O–H groups in total. The lowest BCUT2D eigenvalue weighted by Crippen LogP contribution is -2.05. The molecular formula is C8H10ClNO2S. The average Bonchev–Trinajstić information content (AvgIpc) is 2.47. The first-order chi connectivity index (χ1) is 6.19. The highest BCUT2D eigenvalue weighted by molar-refractivity contribution is 7.16. The predicted octanol–water partition coefficient (Wildman–Crippen LogP) is 2.54. The van der Waals surface area contributed by atoms with Gasteiger partial charge in [0.25, 0.3) is 0 Å². The van der Waals surface area contributed by atoms with Crippen molar-refractivity contribution in [1.82, 2.24) is 4.98 Å². The largest absolute Gasteiger partial charge is 0.461 e. The van der Waals surface area contributed by atoms with Crippen LogP contribution >= 0.6 is 22.9 Å². The normalized spacial score (nSPS) is 10.1. The molecule has 1 aromatic heterocycles. The van der Waals surface area contributed by atoms with Gasteiger partial charge in [-0.25, -0.2) is 9.78 Å². The molecule has 1 heterocycles. The van der Waals surface area contributed by atoms with E-state index in [1.165, 1.54) is 11.3 Å². The topological polar surface area (TPSA) is 39.2 Å². The molecule has 0 atom stereocenters. The van der Waals surface area contributed by atoms with Crippen LogP contribution in [0.2, 0.25) is 4.34 Å². The fraction of sp³-hybridized carbons (Fsp3) is 0.500. The van der Waals surface area contributed by atoms with Crippen molar-refractivity contribution in [1.29, 1.82) is 0 Å². The van der Waals surface area contributed by atoms with Gasteiger partial charge in [-0.2, -0.15) is 0 Å². The summed E-state index contributed by atoms with van der Waals surface area (Å²) in [4.78, 5) is 15.3. The minimum Gasteiger partial charge on any atom is -0.461 e. The van der Waals surface area contributed by atoms with Crippen LogP contribution in [-0.4, -0.2) is 17.6 Å². The summed E-state index contributed by atoms with van der Waals surface area (Å²) in [6, 6.07) is 0. The van der Waals surface area contributed by atoms with Gasteiger partial charge in [-0.05, 0) is 13.3 Å². The van der Waals surface area contributed by atoms with Crippen LogP contribution in [0.25, 0.3) is 0 Å². The second kappa shape index (κ2) is 4.58. The van der Waals surface area contributed by atoms with E-state index in [4.69, 9.17) is 16.3 Å². The molecule has 0 spiro atoms. The zero-order valence-electron chi connectivity index (χ0n) is 7.46. The van der Waals surface area contributed by atoms with E-state index in [9.17, 15) is 4.79 Å². The van der Waals surface area contributed by atoms with Gasteiger partial charge in [-0.3, -0.25) is 0 Å². The van der Waals surface area contributed by atoms with Crippen molar-refractivity contribution in [2.24, 2.45) is 0 Å². The van der Waals surface area contributed by atoms with Gasteiger partial charge in [0.1, 0.15) is 4.34 Å². The number of hydrogen-bond acceptors (Lipinski definition) is 4. The number of hydrogen-bond donors (Lipinski definition) is 0. The maximum Gasteiger partial charge on any atom is 0.359 e. The molecular weight excluding hydrogens is 210 g/mol. The Kier molecular flexibility index (Phi) is 3.69. The SMILES string of the molecule is CCOC(=O)c1nc(CC)sc1Cl. The highest BCUT2D eigenvalue weighted by Gasteiger charge is 2.16. The molecule has 0 aromatic carbocycles. The predicted molar refractivity (Wildman–Crippen MR) is 52.5 cm³/mol. The molecule has 3 nitrogen and oxygen atoms in total. The summed E-state index contributed by atoms with van der Waals surface area (Å²) in [6.07, 6.45) is 0.782. The lowest BCUT2D eigenvalue weighted by atomic mass is 10.5. The minimum absolute atomic E-state index is 0.241. The third kappa shape index (κ3) is 2.42. The van der Waals surface area contributed by atoms with Crippen LogP contribution in [0.3, 0.4) is 0 Å². The van der Waals surface area contributed by atoms with Crippen molar-refractivity contribution >= 4 is 28.9 Å². The molecule has 1 rings (SSSR count). The van der Waals surface area contributed by atoms with Gasteiger partial charge in [-0.15, -0.1) is 11.3 Å². The fourth-order valence-corrected chi connectivity index (χ4v) is 1.92. The Morgan fingerprint density at radius 2 is 2.31 bits per heavy atom. The minimum atomic E-state index is -0.441. The second-order valence-corrected chi connectivity index (χ2v) is 3.99. The first-order valence-electron chi connectivity index (χ1n) is 4.01. The maximum atomic E-state index is 11.2. The number of esters is 1. The molecule has 1 aromatic rings. The summed E-state index contributed by atoms with van der Waals surface area (Å²) in [7, 11) is 0. The first kappa shape index (κ1) is 10.5. The van der Waals surface area contributed by atoms with E-state index < -0.39 is 5.97 Å². The zero-order valence-corrected chi connectivity index (χ0v) is 9.04. The van der Waals surface area contributed by atoms with Crippen molar-refractivity contribution < 1.29 is 9.53 Å². The molecule has 0 aliphatic rings. The summed E-state index contributed by atoms with van der Waals surface area (Å²) >= 11 is 7.13. The number of carbonyl (C=O) groups excluding carboxylic acids is 1. The second-order valence-electron chi connectivity index (χ2n) is 2.30. The Labute approximate surface area is 85.7 Å². The van der Waals surface area contributed by atoms with Crippen LogP contribution in [-0.2, 0) is 11.2 Å². The Balaban J connectivity index is 2.87. The van der Waals surface area contributed by atoms with E-state index in [0.29, 0.717) is 10.9 Å². The van der Waals surface area contributed by atoms with E-state index in [0.717, 1.165) is 11.4 Å². The quantitative estimate of drug-likeness (QED) is 0.734. The van der Waals surface area contributed by atoms with Gasteiger partial charge in [-0.1, -0.05) is 18.5 Å². The molecule has 0 bridgehead atoms. The fourth-order valence-electron chi connectivity index (χ4n) is 0.820. The van der Waals surface area contributed by atoms with Crippen LogP contribution in [0.15, 0.2) is 0 Å². The number of carbonyl (C=O) groups is 1. The van der Waals surface area contributed by atoms with E-state index in [1.807, 2.05) is 6.92 Å². The molecule has 5 heteroatoms. The number of thiazole rings is 1. The van der Waals surface area contributed by atoms with Crippen LogP contribution < -0.4 is 0 Å². The van der Waals surface area contributed by atoms with Crippen molar-refractivity contribution in [3.63, 3.8) is 0 Å². The number of ether oxygens (including phenoxy) is 1. The zero-order chi connectivity index (χ0) is 9.84. The number of halogens is 1. The van der Waals surface area contributed by atoms with E-state index in [2.05, 4.69) is 4.98 Å². The van der Waals surface area contributed by atoms with Crippen molar-refractivity contribution in [3.8, 4) is 0 Å². The third-order valence-corrected chi connectivity index (χ3v) is 2.80. The Hall–Kier alpha value is -0.610. The molecule has 0 fully saturated rings. The molecule has 0 amide bonds. The van der Waals surface area contributed by atoms with E-state index in [-0.39, 0.29) is 5.69 Å². The van der Waals surface area contributed by atoms with E-state index >= 15 is 0 Å². The third-order valence-electron chi connectivity index (χ3n) is 1.40. The van der Waals surface area contributed by atoms with Crippen LogP contribution in [0.4, 0.5) is 0 Å². The van der Waals surface area contributed by atoms with Crippen molar-refractivity contribution in [3.05, 3.63) is 15.0 Å². The van der Waals surface area contributed by atoms with Gasteiger partial charge in [0.15, 0.2) is 5.69 Å². The van der Waals surface area contributed by atoms with E-state index in [1.54, 1.807) is 6.92 Å². The lowest BCUT2D eigenvalue weighted by molar-refractivity contribution is 0.0520. The smallest absolute Gasteiger partial charge is 0.359 e.